The average molecular weight is 321 g/mol. The Labute approximate surface area is 124 Å². The van der Waals surface area contributed by atoms with Crippen LogP contribution in [-0.2, 0) is 24.7 Å². The molecule has 0 saturated heterocycles. The van der Waals surface area contributed by atoms with E-state index in [9.17, 15) is 0 Å². The van der Waals surface area contributed by atoms with Crippen molar-refractivity contribution in [1.82, 2.24) is 9.78 Å². The molecule has 102 valence electrons. The van der Waals surface area contributed by atoms with Gasteiger partial charge in [0.1, 0.15) is 0 Å². The van der Waals surface area contributed by atoms with Crippen molar-refractivity contribution in [2.75, 3.05) is 0 Å². The maximum absolute atomic E-state index is 4.52. The highest BCUT2D eigenvalue weighted by molar-refractivity contribution is 9.08. The molecule has 2 aromatic rings. The minimum Gasteiger partial charge on any atom is -0.269 e. The molecule has 0 N–H and O–H groups in total. The van der Waals surface area contributed by atoms with Crippen molar-refractivity contribution in [2.45, 2.75) is 44.5 Å². The summed E-state index contributed by atoms with van der Waals surface area (Å²) >= 11 is 3.54. The second-order valence-corrected chi connectivity index (χ2v) is 5.37. The lowest BCUT2D eigenvalue weighted by molar-refractivity contribution is 0.551. The van der Waals surface area contributed by atoms with Gasteiger partial charge in [0.2, 0.25) is 0 Å². The third-order valence-electron chi connectivity index (χ3n) is 3.34. The van der Waals surface area contributed by atoms with Crippen molar-refractivity contribution < 1.29 is 0 Å². The zero-order valence-corrected chi connectivity index (χ0v) is 13.1. The Kier molecular flexibility index (Phi) is 5.64. The van der Waals surface area contributed by atoms with Gasteiger partial charge in [-0.25, -0.2) is 0 Å². The van der Waals surface area contributed by atoms with E-state index in [0.29, 0.717) is 0 Å². The fraction of sp³-hybridized carbons (Fsp3) is 0.438. The molecule has 0 bridgehead atoms. The predicted octanol–water partition coefficient (Wildman–Crippen LogP) is 4.36. The number of benzene rings is 1. The van der Waals surface area contributed by atoms with Crippen molar-refractivity contribution in [3.63, 3.8) is 0 Å². The molecule has 1 aromatic carbocycles. The molecule has 0 fully saturated rings. The molecule has 0 saturated carbocycles. The Hall–Kier alpha value is -1.09. The standard InChI is InChI=1S/C16H21BrN2/c1-2-7-16-15(12-17)13-18-19(16)11-6-10-14-8-4-3-5-9-14/h3-5,8-9,13H,2,6-7,10-12H2,1H3. The van der Waals surface area contributed by atoms with Crippen LogP contribution in [0.25, 0.3) is 0 Å². The van der Waals surface area contributed by atoms with Gasteiger partial charge >= 0.3 is 0 Å². The third-order valence-corrected chi connectivity index (χ3v) is 3.95. The van der Waals surface area contributed by atoms with Gasteiger partial charge in [-0.05, 0) is 24.8 Å². The average Bonchev–Trinajstić information content (AvgIpc) is 2.83. The van der Waals surface area contributed by atoms with Gasteiger partial charge in [-0.2, -0.15) is 5.10 Å². The number of nitrogens with zero attached hydrogens (tertiary/aromatic N) is 2. The molecular formula is C16H21BrN2. The number of aromatic nitrogens is 2. The van der Waals surface area contributed by atoms with Crippen molar-refractivity contribution in [1.29, 1.82) is 0 Å². The van der Waals surface area contributed by atoms with Gasteiger partial charge < -0.3 is 0 Å². The van der Waals surface area contributed by atoms with Crippen LogP contribution < -0.4 is 0 Å². The van der Waals surface area contributed by atoms with E-state index in [0.717, 1.165) is 31.1 Å². The maximum atomic E-state index is 4.52. The van der Waals surface area contributed by atoms with Crippen molar-refractivity contribution in [3.8, 4) is 0 Å². The number of aryl methyl sites for hydroxylation is 2. The molecule has 0 unspecified atom stereocenters. The fourth-order valence-electron chi connectivity index (χ4n) is 2.36. The Morgan fingerprint density at radius 3 is 2.63 bits per heavy atom. The molecule has 1 heterocycles. The van der Waals surface area contributed by atoms with Gasteiger partial charge in [-0.3, -0.25) is 4.68 Å². The molecule has 0 spiro atoms. The van der Waals surface area contributed by atoms with E-state index in [4.69, 9.17) is 0 Å². The number of halogens is 1. The highest BCUT2D eigenvalue weighted by Gasteiger charge is 2.08. The maximum Gasteiger partial charge on any atom is 0.0533 e. The largest absolute Gasteiger partial charge is 0.269 e. The minimum absolute atomic E-state index is 0.904. The van der Waals surface area contributed by atoms with Gasteiger partial charge in [-0.15, -0.1) is 0 Å². The summed E-state index contributed by atoms with van der Waals surface area (Å²) < 4.78 is 2.18. The van der Waals surface area contributed by atoms with E-state index in [2.05, 4.69) is 63.0 Å². The van der Waals surface area contributed by atoms with E-state index >= 15 is 0 Å². The first kappa shape index (κ1) is 14.3. The van der Waals surface area contributed by atoms with Gasteiger partial charge in [0.25, 0.3) is 0 Å². The second kappa shape index (κ2) is 7.49. The zero-order chi connectivity index (χ0) is 13.5. The number of hydrogen-bond acceptors (Lipinski definition) is 1. The first-order valence-electron chi connectivity index (χ1n) is 6.98. The van der Waals surface area contributed by atoms with E-state index in [1.165, 1.54) is 23.2 Å². The summed E-state index contributed by atoms with van der Waals surface area (Å²) in [5.41, 5.74) is 4.14. The lowest BCUT2D eigenvalue weighted by Gasteiger charge is -2.08. The van der Waals surface area contributed by atoms with Crippen LogP contribution in [-0.4, -0.2) is 9.78 Å². The lowest BCUT2D eigenvalue weighted by atomic mass is 10.1. The smallest absolute Gasteiger partial charge is 0.0533 e. The summed E-state index contributed by atoms with van der Waals surface area (Å²) in [6.07, 6.45) is 6.55. The second-order valence-electron chi connectivity index (χ2n) is 4.81. The molecule has 0 radical (unpaired) electrons. The summed E-state index contributed by atoms with van der Waals surface area (Å²) in [5.74, 6) is 0. The number of alkyl halides is 1. The van der Waals surface area contributed by atoms with Crippen LogP contribution in [0.4, 0.5) is 0 Å². The Balaban J connectivity index is 1.94. The third kappa shape index (κ3) is 3.93. The van der Waals surface area contributed by atoms with Gasteiger partial charge in [-0.1, -0.05) is 59.6 Å². The topological polar surface area (TPSA) is 17.8 Å². The van der Waals surface area contributed by atoms with Crippen LogP contribution in [0, 0.1) is 0 Å². The monoisotopic (exact) mass is 320 g/mol. The molecule has 0 aliphatic carbocycles. The van der Waals surface area contributed by atoms with E-state index < -0.39 is 0 Å². The molecule has 1 aromatic heterocycles. The summed E-state index contributed by atoms with van der Waals surface area (Å²) in [6, 6.07) is 10.7. The first-order chi connectivity index (χ1) is 9.35. The Morgan fingerprint density at radius 2 is 1.95 bits per heavy atom. The van der Waals surface area contributed by atoms with Crippen LogP contribution in [0.15, 0.2) is 36.5 Å². The quantitative estimate of drug-likeness (QED) is 0.693. The van der Waals surface area contributed by atoms with Crippen LogP contribution in [0.3, 0.4) is 0 Å². The van der Waals surface area contributed by atoms with Crippen molar-refractivity contribution in [2.24, 2.45) is 0 Å². The van der Waals surface area contributed by atoms with Crippen molar-refractivity contribution in [3.05, 3.63) is 53.3 Å². The van der Waals surface area contributed by atoms with Crippen LogP contribution in [0.5, 0.6) is 0 Å². The van der Waals surface area contributed by atoms with E-state index in [-0.39, 0.29) is 0 Å². The summed E-state index contributed by atoms with van der Waals surface area (Å²) in [6.45, 7) is 3.23. The predicted molar refractivity (Wildman–Crippen MR) is 83.6 cm³/mol. The molecule has 2 nitrogen and oxygen atoms in total. The highest BCUT2D eigenvalue weighted by atomic mass is 79.9. The fourth-order valence-corrected chi connectivity index (χ4v) is 2.83. The van der Waals surface area contributed by atoms with Crippen LogP contribution >= 0.6 is 15.9 Å². The van der Waals surface area contributed by atoms with Gasteiger partial charge in [0.15, 0.2) is 0 Å². The molecule has 3 heteroatoms. The number of rotatable bonds is 7. The zero-order valence-electron chi connectivity index (χ0n) is 11.5. The van der Waals surface area contributed by atoms with Crippen LogP contribution in [0.1, 0.15) is 36.6 Å². The molecule has 0 aliphatic rings. The molecule has 0 atom stereocenters. The highest BCUT2D eigenvalue weighted by Crippen LogP contribution is 2.15. The normalized spacial score (nSPS) is 10.8. The molecule has 0 aliphatic heterocycles. The molecule has 19 heavy (non-hydrogen) atoms. The van der Waals surface area contributed by atoms with Crippen LogP contribution in [0.2, 0.25) is 0 Å². The number of hydrogen-bond donors (Lipinski definition) is 0. The van der Waals surface area contributed by atoms with Crippen molar-refractivity contribution >= 4 is 15.9 Å². The Bertz CT molecular complexity index is 491. The van der Waals surface area contributed by atoms with E-state index in [1.807, 2.05) is 6.20 Å². The first-order valence-corrected chi connectivity index (χ1v) is 8.10. The summed E-state index contributed by atoms with van der Waals surface area (Å²) in [7, 11) is 0. The van der Waals surface area contributed by atoms with E-state index in [1.54, 1.807) is 0 Å². The summed E-state index contributed by atoms with van der Waals surface area (Å²) in [5, 5.41) is 5.43. The Morgan fingerprint density at radius 1 is 1.16 bits per heavy atom. The molecule has 2 rings (SSSR count). The lowest BCUT2D eigenvalue weighted by Crippen LogP contribution is -2.07. The SMILES string of the molecule is CCCc1c(CBr)cnn1CCCc1ccccc1. The summed E-state index contributed by atoms with van der Waals surface area (Å²) in [4.78, 5) is 0. The minimum atomic E-state index is 0.904. The molecule has 0 amide bonds. The van der Waals surface area contributed by atoms with Gasteiger partial charge in [0.05, 0.1) is 6.20 Å². The molecular weight excluding hydrogens is 300 g/mol. The van der Waals surface area contributed by atoms with Gasteiger partial charge in [0, 0.05) is 23.1 Å².